The monoisotopic (exact) mass is 296 g/mol. The summed E-state index contributed by atoms with van der Waals surface area (Å²) in [6.07, 6.45) is 2.25. The molecule has 1 aliphatic rings. The van der Waals surface area contributed by atoms with Gasteiger partial charge in [-0.05, 0) is 57.7 Å². The smallest absolute Gasteiger partial charge is 0.270 e. The maximum atomic E-state index is 12.5. The van der Waals surface area contributed by atoms with Crippen molar-refractivity contribution >= 4 is 5.91 Å². The van der Waals surface area contributed by atoms with Gasteiger partial charge in [0.1, 0.15) is 11.5 Å². The lowest BCUT2D eigenvalue weighted by Crippen LogP contribution is -2.31. The fourth-order valence-corrected chi connectivity index (χ4v) is 2.65. The first-order chi connectivity index (χ1) is 10.5. The van der Waals surface area contributed by atoms with Crippen molar-refractivity contribution < 1.29 is 4.79 Å². The molecular formula is C17H20N4O. The molecule has 0 aliphatic heterocycles. The fraction of sp³-hybridized carbons (Fsp3) is 0.412. The van der Waals surface area contributed by atoms with Crippen LogP contribution >= 0.6 is 0 Å². The van der Waals surface area contributed by atoms with Crippen molar-refractivity contribution in [2.45, 2.75) is 39.7 Å². The van der Waals surface area contributed by atoms with Crippen molar-refractivity contribution in [2.24, 2.45) is 5.92 Å². The highest BCUT2D eigenvalue weighted by molar-refractivity contribution is 5.92. The van der Waals surface area contributed by atoms with Gasteiger partial charge < -0.3 is 5.32 Å². The Morgan fingerprint density at radius 1 is 1.14 bits per heavy atom. The van der Waals surface area contributed by atoms with E-state index < -0.39 is 0 Å². The van der Waals surface area contributed by atoms with Gasteiger partial charge in [0.2, 0.25) is 0 Å². The van der Waals surface area contributed by atoms with Crippen LogP contribution in [0.1, 0.15) is 52.3 Å². The second-order valence-corrected chi connectivity index (χ2v) is 5.93. The van der Waals surface area contributed by atoms with Gasteiger partial charge in [0.05, 0.1) is 11.7 Å². The van der Waals surface area contributed by atoms with Crippen molar-refractivity contribution in [3.63, 3.8) is 0 Å². The van der Waals surface area contributed by atoms with E-state index in [2.05, 4.69) is 20.3 Å². The molecule has 1 N–H and O–H groups in total. The first kappa shape index (κ1) is 14.6. The molecule has 0 radical (unpaired) electrons. The van der Waals surface area contributed by atoms with Crippen molar-refractivity contribution in [3.05, 3.63) is 52.9 Å². The number of nitrogens with zero attached hydrogens (tertiary/aromatic N) is 3. The van der Waals surface area contributed by atoms with Crippen LogP contribution in [0.2, 0.25) is 0 Å². The molecule has 2 aromatic heterocycles. The van der Waals surface area contributed by atoms with Crippen LogP contribution in [0, 0.1) is 26.7 Å². The maximum absolute atomic E-state index is 12.5. The molecule has 0 bridgehead atoms. The predicted octanol–water partition coefficient (Wildman–Crippen LogP) is 2.68. The van der Waals surface area contributed by atoms with Crippen LogP contribution in [-0.4, -0.2) is 20.9 Å². The molecule has 1 aliphatic carbocycles. The SMILES string of the molecule is Cc1cccc([C@H](NC(=O)c2cc(C)nc(C)n2)C2CC2)n1. The predicted molar refractivity (Wildman–Crippen MR) is 83.4 cm³/mol. The molecule has 2 aromatic rings. The number of carbonyl (C=O) groups is 1. The van der Waals surface area contributed by atoms with Gasteiger partial charge in [-0.25, -0.2) is 9.97 Å². The van der Waals surface area contributed by atoms with E-state index in [-0.39, 0.29) is 11.9 Å². The van der Waals surface area contributed by atoms with E-state index in [4.69, 9.17) is 0 Å². The molecule has 114 valence electrons. The average molecular weight is 296 g/mol. The zero-order valence-corrected chi connectivity index (χ0v) is 13.1. The molecule has 0 spiro atoms. The summed E-state index contributed by atoms with van der Waals surface area (Å²) in [5, 5.41) is 3.10. The number of rotatable bonds is 4. The van der Waals surface area contributed by atoms with E-state index in [0.29, 0.717) is 17.4 Å². The summed E-state index contributed by atoms with van der Waals surface area (Å²) < 4.78 is 0. The lowest BCUT2D eigenvalue weighted by atomic mass is 10.1. The van der Waals surface area contributed by atoms with Crippen LogP contribution in [-0.2, 0) is 0 Å². The lowest BCUT2D eigenvalue weighted by molar-refractivity contribution is 0.0925. The van der Waals surface area contributed by atoms with Crippen molar-refractivity contribution in [3.8, 4) is 0 Å². The van der Waals surface area contributed by atoms with Crippen molar-refractivity contribution in [1.82, 2.24) is 20.3 Å². The second-order valence-electron chi connectivity index (χ2n) is 5.93. The third-order valence-electron chi connectivity index (χ3n) is 3.81. The number of amides is 1. The minimum absolute atomic E-state index is 0.0389. The second kappa shape index (κ2) is 5.83. The van der Waals surface area contributed by atoms with E-state index in [1.807, 2.05) is 32.0 Å². The Bertz CT molecular complexity index is 689. The summed E-state index contributed by atoms with van der Waals surface area (Å²) in [7, 11) is 0. The van der Waals surface area contributed by atoms with Crippen LogP contribution in [0.15, 0.2) is 24.3 Å². The topological polar surface area (TPSA) is 67.8 Å². The molecule has 5 heteroatoms. The van der Waals surface area contributed by atoms with Gasteiger partial charge in [0, 0.05) is 11.4 Å². The van der Waals surface area contributed by atoms with E-state index in [0.717, 1.165) is 29.9 Å². The van der Waals surface area contributed by atoms with E-state index >= 15 is 0 Å². The number of pyridine rings is 1. The molecule has 1 amide bonds. The Kier molecular flexibility index (Phi) is 3.88. The van der Waals surface area contributed by atoms with Gasteiger partial charge in [-0.15, -0.1) is 0 Å². The first-order valence-corrected chi connectivity index (χ1v) is 7.59. The summed E-state index contributed by atoms with van der Waals surface area (Å²) in [4.78, 5) is 25.5. The normalized spacial score (nSPS) is 15.4. The van der Waals surface area contributed by atoms with E-state index in [9.17, 15) is 4.79 Å². The minimum Gasteiger partial charge on any atom is -0.342 e. The number of aryl methyl sites for hydroxylation is 3. The van der Waals surface area contributed by atoms with Crippen LogP contribution in [0.4, 0.5) is 0 Å². The van der Waals surface area contributed by atoms with Crippen molar-refractivity contribution in [1.29, 1.82) is 0 Å². The molecule has 0 unspecified atom stereocenters. The highest BCUT2D eigenvalue weighted by atomic mass is 16.2. The van der Waals surface area contributed by atoms with Crippen LogP contribution in [0.25, 0.3) is 0 Å². The zero-order chi connectivity index (χ0) is 15.7. The third-order valence-corrected chi connectivity index (χ3v) is 3.81. The lowest BCUT2D eigenvalue weighted by Gasteiger charge is -2.18. The van der Waals surface area contributed by atoms with Crippen molar-refractivity contribution in [2.75, 3.05) is 0 Å². The van der Waals surface area contributed by atoms with Crippen LogP contribution < -0.4 is 5.32 Å². The number of hydrogen-bond acceptors (Lipinski definition) is 4. The summed E-state index contributed by atoms with van der Waals surface area (Å²) >= 11 is 0. The summed E-state index contributed by atoms with van der Waals surface area (Å²) in [5.74, 6) is 0.929. The third kappa shape index (κ3) is 3.30. The maximum Gasteiger partial charge on any atom is 0.270 e. The molecule has 0 aromatic carbocycles. The Morgan fingerprint density at radius 3 is 2.55 bits per heavy atom. The first-order valence-electron chi connectivity index (χ1n) is 7.59. The van der Waals surface area contributed by atoms with Gasteiger partial charge in [-0.1, -0.05) is 6.07 Å². The van der Waals surface area contributed by atoms with E-state index in [1.165, 1.54) is 0 Å². The molecule has 3 rings (SSSR count). The molecule has 1 fully saturated rings. The Morgan fingerprint density at radius 2 is 1.91 bits per heavy atom. The Labute approximate surface area is 130 Å². The van der Waals surface area contributed by atoms with Gasteiger partial charge in [0.25, 0.3) is 5.91 Å². The molecule has 1 atom stereocenters. The highest BCUT2D eigenvalue weighted by Gasteiger charge is 2.34. The quantitative estimate of drug-likeness (QED) is 0.942. The molecule has 0 saturated heterocycles. The number of aromatic nitrogens is 3. The van der Waals surface area contributed by atoms with Gasteiger partial charge in [-0.2, -0.15) is 0 Å². The molecular weight excluding hydrogens is 276 g/mol. The molecule has 5 nitrogen and oxygen atoms in total. The molecule has 22 heavy (non-hydrogen) atoms. The summed E-state index contributed by atoms with van der Waals surface area (Å²) in [6.45, 7) is 5.63. The van der Waals surface area contributed by atoms with Crippen LogP contribution in [0.3, 0.4) is 0 Å². The number of carbonyl (C=O) groups excluding carboxylic acids is 1. The summed E-state index contributed by atoms with van der Waals surface area (Å²) in [6, 6.07) is 7.61. The highest BCUT2D eigenvalue weighted by Crippen LogP contribution is 2.40. The van der Waals surface area contributed by atoms with Crippen LogP contribution in [0.5, 0.6) is 0 Å². The fourth-order valence-electron chi connectivity index (χ4n) is 2.65. The Balaban J connectivity index is 1.83. The van der Waals surface area contributed by atoms with Gasteiger partial charge >= 0.3 is 0 Å². The van der Waals surface area contributed by atoms with Gasteiger partial charge in [0.15, 0.2) is 0 Å². The standard InChI is InChI=1S/C17H20N4O/c1-10-5-4-6-14(19-10)16(13-7-8-13)21-17(22)15-9-11(2)18-12(3)20-15/h4-6,9,13,16H,7-8H2,1-3H3,(H,21,22)/t16-/m1/s1. The van der Waals surface area contributed by atoms with Gasteiger partial charge in [-0.3, -0.25) is 9.78 Å². The number of hydrogen-bond donors (Lipinski definition) is 1. The Hall–Kier alpha value is -2.30. The summed E-state index contributed by atoms with van der Waals surface area (Å²) in [5.41, 5.74) is 3.11. The van der Waals surface area contributed by atoms with E-state index in [1.54, 1.807) is 13.0 Å². The zero-order valence-electron chi connectivity index (χ0n) is 13.1. The number of nitrogens with one attached hydrogen (secondary N) is 1. The minimum atomic E-state index is -0.159. The average Bonchev–Trinajstić information content (AvgIpc) is 3.28. The molecule has 2 heterocycles. The largest absolute Gasteiger partial charge is 0.342 e. The molecule has 1 saturated carbocycles.